The average molecular weight is 266 g/mol. The second-order valence-electron chi connectivity index (χ2n) is 4.99. The number of anilines is 2. The summed E-state index contributed by atoms with van der Waals surface area (Å²) < 4.78 is 0. The van der Waals surface area contributed by atoms with Crippen LogP contribution in [0.1, 0.15) is 33.1 Å². The van der Waals surface area contributed by atoms with E-state index in [0.29, 0.717) is 17.3 Å². The molecule has 0 unspecified atom stereocenters. The van der Waals surface area contributed by atoms with Gasteiger partial charge in [-0.2, -0.15) is 0 Å². The number of hydrogen-bond acceptors (Lipinski definition) is 5. The molecule has 0 heterocycles. The second kappa shape index (κ2) is 7.58. The van der Waals surface area contributed by atoms with Crippen molar-refractivity contribution < 1.29 is 4.92 Å². The van der Waals surface area contributed by atoms with Gasteiger partial charge >= 0.3 is 0 Å². The summed E-state index contributed by atoms with van der Waals surface area (Å²) in [5.41, 5.74) is 3.70. The maximum Gasteiger partial charge on any atom is 0.273 e. The number of nitro benzene ring substituents is 1. The van der Waals surface area contributed by atoms with Gasteiger partial charge in [0.2, 0.25) is 0 Å². The molecule has 106 valence electrons. The first kappa shape index (κ1) is 15.2. The van der Waals surface area contributed by atoms with Crippen molar-refractivity contribution in [2.75, 3.05) is 17.3 Å². The number of unbranched alkanes of at least 4 members (excludes halogenated alkanes) is 1. The Labute approximate surface area is 113 Å². The highest BCUT2D eigenvalue weighted by Gasteiger charge is 2.09. The van der Waals surface area contributed by atoms with Crippen molar-refractivity contribution in [3.05, 3.63) is 28.3 Å². The SMILES string of the molecule is CC(C)CCCCNc1cc(NN)cc([N+](=O)[O-])c1. The minimum absolute atomic E-state index is 0.0279. The summed E-state index contributed by atoms with van der Waals surface area (Å²) in [5, 5.41) is 14.0. The van der Waals surface area contributed by atoms with Crippen LogP contribution in [0.15, 0.2) is 18.2 Å². The summed E-state index contributed by atoms with van der Waals surface area (Å²) in [7, 11) is 0. The molecule has 0 atom stereocenters. The standard InChI is InChI=1S/C13H22N4O2/c1-10(2)5-3-4-6-15-11-7-12(16-14)9-13(8-11)17(18)19/h7-10,15-16H,3-6,14H2,1-2H3. The Hall–Kier alpha value is -1.82. The summed E-state index contributed by atoms with van der Waals surface area (Å²) >= 11 is 0. The zero-order valence-electron chi connectivity index (χ0n) is 11.5. The van der Waals surface area contributed by atoms with Crippen molar-refractivity contribution in [1.82, 2.24) is 0 Å². The first-order valence-electron chi connectivity index (χ1n) is 6.53. The van der Waals surface area contributed by atoms with Gasteiger partial charge in [0.15, 0.2) is 0 Å². The van der Waals surface area contributed by atoms with Crippen LogP contribution in [0.25, 0.3) is 0 Å². The summed E-state index contributed by atoms with van der Waals surface area (Å²) in [6, 6.07) is 4.68. The van der Waals surface area contributed by atoms with Crippen molar-refractivity contribution in [1.29, 1.82) is 0 Å². The second-order valence-corrected chi connectivity index (χ2v) is 4.99. The van der Waals surface area contributed by atoms with Crippen LogP contribution in [0.4, 0.5) is 17.1 Å². The van der Waals surface area contributed by atoms with Gasteiger partial charge in [-0.15, -0.1) is 0 Å². The molecule has 6 nitrogen and oxygen atoms in total. The lowest BCUT2D eigenvalue weighted by Crippen LogP contribution is -2.08. The smallest absolute Gasteiger partial charge is 0.273 e. The molecule has 1 aromatic rings. The molecule has 0 saturated heterocycles. The Balaban J connectivity index is 2.53. The lowest BCUT2D eigenvalue weighted by atomic mass is 10.1. The van der Waals surface area contributed by atoms with Crippen molar-refractivity contribution in [3.63, 3.8) is 0 Å². The third-order valence-corrected chi connectivity index (χ3v) is 2.83. The summed E-state index contributed by atoms with van der Waals surface area (Å²) in [5.74, 6) is 6.01. The van der Waals surface area contributed by atoms with Crippen molar-refractivity contribution in [2.45, 2.75) is 33.1 Å². The highest BCUT2D eigenvalue weighted by atomic mass is 16.6. The lowest BCUT2D eigenvalue weighted by molar-refractivity contribution is -0.384. The van der Waals surface area contributed by atoms with Gasteiger partial charge in [0.25, 0.3) is 5.69 Å². The Bertz CT molecular complexity index is 421. The molecule has 0 bridgehead atoms. The minimum atomic E-state index is -0.426. The van der Waals surface area contributed by atoms with Crippen LogP contribution in [-0.2, 0) is 0 Å². The number of nitrogens with one attached hydrogen (secondary N) is 2. The van der Waals surface area contributed by atoms with E-state index in [2.05, 4.69) is 24.6 Å². The van der Waals surface area contributed by atoms with Gasteiger partial charge in [0.05, 0.1) is 10.6 Å². The van der Waals surface area contributed by atoms with Crippen molar-refractivity contribution in [3.8, 4) is 0 Å². The molecule has 0 radical (unpaired) electrons. The van der Waals surface area contributed by atoms with E-state index in [1.54, 1.807) is 6.07 Å². The topological polar surface area (TPSA) is 93.2 Å². The van der Waals surface area contributed by atoms with Crippen LogP contribution in [0, 0.1) is 16.0 Å². The maximum atomic E-state index is 10.8. The number of rotatable bonds is 8. The molecular formula is C13H22N4O2. The van der Waals surface area contributed by atoms with Gasteiger partial charge in [-0.3, -0.25) is 16.0 Å². The number of hydrazine groups is 1. The van der Waals surface area contributed by atoms with Crippen LogP contribution in [0.5, 0.6) is 0 Å². The van der Waals surface area contributed by atoms with E-state index in [9.17, 15) is 10.1 Å². The molecule has 0 saturated carbocycles. The van der Waals surface area contributed by atoms with Crippen LogP contribution < -0.4 is 16.6 Å². The normalized spacial score (nSPS) is 10.5. The number of nitrogen functional groups attached to an aromatic ring is 1. The Morgan fingerprint density at radius 1 is 1.26 bits per heavy atom. The van der Waals surface area contributed by atoms with E-state index in [-0.39, 0.29) is 5.69 Å². The number of benzene rings is 1. The Morgan fingerprint density at radius 3 is 2.53 bits per heavy atom. The first-order chi connectivity index (χ1) is 9.02. The predicted octanol–water partition coefficient (Wildman–Crippen LogP) is 3.12. The quantitative estimate of drug-likeness (QED) is 0.291. The van der Waals surface area contributed by atoms with E-state index in [1.807, 2.05) is 0 Å². The van der Waals surface area contributed by atoms with Gasteiger partial charge in [0, 0.05) is 24.4 Å². The number of nitro groups is 1. The van der Waals surface area contributed by atoms with E-state index >= 15 is 0 Å². The van der Waals surface area contributed by atoms with Gasteiger partial charge in [-0.25, -0.2) is 0 Å². The molecule has 19 heavy (non-hydrogen) atoms. The predicted molar refractivity (Wildman–Crippen MR) is 78.1 cm³/mol. The van der Waals surface area contributed by atoms with Crippen LogP contribution in [0.3, 0.4) is 0 Å². The van der Waals surface area contributed by atoms with Gasteiger partial charge in [0.1, 0.15) is 0 Å². The van der Waals surface area contributed by atoms with E-state index in [4.69, 9.17) is 5.84 Å². The Morgan fingerprint density at radius 2 is 1.95 bits per heavy atom. The molecule has 0 spiro atoms. The third-order valence-electron chi connectivity index (χ3n) is 2.83. The maximum absolute atomic E-state index is 10.8. The van der Waals surface area contributed by atoms with E-state index < -0.39 is 4.92 Å². The first-order valence-corrected chi connectivity index (χ1v) is 6.53. The van der Waals surface area contributed by atoms with E-state index in [0.717, 1.165) is 19.4 Å². The highest BCUT2D eigenvalue weighted by molar-refractivity contribution is 5.63. The number of nitrogens with zero attached hydrogens (tertiary/aromatic N) is 1. The molecule has 0 aromatic heterocycles. The molecule has 0 fully saturated rings. The molecule has 6 heteroatoms. The highest BCUT2D eigenvalue weighted by Crippen LogP contribution is 2.23. The average Bonchev–Trinajstić information content (AvgIpc) is 2.37. The fourth-order valence-corrected chi connectivity index (χ4v) is 1.81. The molecule has 0 amide bonds. The van der Waals surface area contributed by atoms with Crippen molar-refractivity contribution >= 4 is 17.1 Å². The summed E-state index contributed by atoms with van der Waals surface area (Å²) in [4.78, 5) is 10.4. The van der Waals surface area contributed by atoms with Gasteiger partial charge in [-0.05, 0) is 18.4 Å². The molecule has 0 aliphatic rings. The summed E-state index contributed by atoms with van der Waals surface area (Å²) in [6.45, 7) is 5.21. The molecule has 1 rings (SSSR count). The third kappa shape index (κ3) is 5.56. The van der Waals surface area contributed by atoms with E-state index in [1.165, 1.54) is 18.6 Å². The van der Waals surface area contributed by atoms with Crippen LogP contribution in [-0.4, -0.2) is 11.5 Å². The molecule has 4 N–H and O–H groups in total. The van der Waals surface area contributed by atoms with Crippen LogP contribution in [0.2, 0.25) is 0 Å². The fourth-order valence-electron chi connectivity index (χ4n) is 1.81. The van der Waals surface area contributed by atoms with Crippen molar-refractivity contribution in [2.24, 2.45) is 11.8 Å². The fraction of sp³-hybridized carbons (Fsp3) is 0.538. The lowest BCUT2D eigenvalue weighted by Gasteiger charge is -2.09. The zero-order valence-corrected chi connectivity index (χ0v) is 11.5. The minimum Gasteiger partial charge on any atom is -0.385 e. The number of hydrogen-bond donors (Lipinski definition) is 3. The van der Waals surface area contributed by atoms with Crippen LogP contribution >= 0.6 is 0 Å². The molecule has 0 aliphatic carbocycles. The zero-order chi connectivity index (χ0) is 14.3. The molecule has 1 aromatic carbocycles. The monoisotopic (exact) mass is 266 g/mol. The summed E-state index contributed by atoms with van der Waals surface area (Å²) in [6.07, 6.45) is 3.40. The number of nitrogens with two attached hydrogens (primary N) is 1. The molecule has 0 aliphatic heterocycles. The largest absolute Gasteiger partial charge is 0.385 e. The molecular weight excluding hydrogens is 244 g/mol. The Kier molecular flexibility index (Phi) is 6.08. The van der Waals surface area contributed by atoms with Gasteiger partial charge in [-0.1, -0.05) is 26.7 Å². The van der Waals surface area contributed by atoms with Gasteiger partial charge < -0.3 is 10.7 Å². The number of non-ortho nitro benzene ring substituents is 1.